The predicted octanol–water partition coefficient (Wildman–Crippen LogP) is 3.98. The summed E-state index contributed by atoms with van der Waals surface area (Å²) in [6.07, 6.45) is 1.02. The van der Waals surface area contributed by atoms with Gasteiger partial charge >= 0.3 is 0 Å². The largest absolute Gasteiger partial charge is 0.385 e. The van der Waals surface area contributed by atoms with E-state index in [1.54, 1.807) is 13.0 Å². The summed E-state index contributed by atoms with van der Waals surface area (Å²) in [5.41, 5.74) is -1.04. The molecule has 0 aromatic heterocycles. The highest BCUT2D eigenvalue weighted by atomic mass is 19.2. The van der Waals surface area contributed by atoms with Crippen molar-refractivity contribution in [3.63, 3.8) is 0 Å². The van der Waals surface area contributed by atoms with Gasteiger partial charge in [0.15, 0.2) is 11.6 Å². The Labute approximate surface area is 180 Å². The molecule has 3 rings (SSSR count). The number of carbonyl (C=O) groups excluding carboxylic acids is 1. The number of aryl methyl sites for hydroxylation is 1. The third-order valence-electron chi connectivity index (χ3n) is 5.61. The molecule has 0 bridgehead atoms. The number of β-amino-alcohol motifs (C(OH)–C–C–N with tert-alkyl or cyclic N) is 1. The summed E-state index contributed by atoms with van der Waals surface area (Å²) in [7, 11) is 0. The van der Waals surface area contributed by atoms with Gasteiger partial charge in [0.05, 0.1) is 30.0 Å². The van der Waals surface area contributed by atoms with Crippen LogP contribution in [0.4, 0.5) is 24.5 Å². The van der Waals surface area contributed by atoms with Gasteiger partial charge in [0.2, 0.25) is 0 Å². The number of likely N-dealkylation sites (tertiary alicyclic amines) is 1. The molecule has 8 heteroatoms. The number of benzene rings is 2. The van der Waals surface area contributed by atoms with Crippen LogP contribution in [0, 0.1) is 30.3 Å². The average molecular weight is 435 g/mol. The Bertz CT molecular complexity index is 961. The Morgan fingerprint density at radius 1 is 1.19 bits per heavy atom. The van der Waals surface area contributed by atoms with E-state index in [1.807, 2.05) is 0 Å². The van der Waals surface area contributed by atoms with Gasteiger partial charge in [0, 0.05) is 6.54 Å². The predicted molar refractivity (Wildman–Crippen MR) is 114 cm³/mol. The number of hydrogen-bond acceptors (Lipinski definition) is 4. The quantitative estimate of drug-likeness (QED) is 0.587. The van der Waals surface area contributed by atoms with Crippen LogP contribution in [0.2, 0.25) is 0 Å². The molecule has 3 N–H and O–H groups in total. The minimum atomic E-state index is -1.27. The van der Waals surface area contributed by atoms with Gasteiger partial charge in [-0.3, -0.25) is 4.79 Å². The van der Waals surface area contributed by atoms with E-state index in [4.69, 9.17) is 0 Å². The Kier molecular flexibility index (Phi) is 6.91. The van der Waals surface area contributed by atoms with Crippen LogP contribution in [0.1, 0.15) is 36.2 Å². The number of hydrogen-bond donors (Lipinski definition) is 3. The van der Waals surface area contributed by atoms with Crippen LogP contribution in [0.25, 0.3) is 0 Å². The van der Waals surface area contributed by atoms with Gasteiger partial charge in [-0.1, -0.05) is 26.3 Å². The van der Waals surface area contributed by atoms with Crippen molar-refractivity contribution in [1.82, 2.24) is 10.2 Å². The minimum absolute atomic E-state index is 0.0661. The van der Waals surface area contributed by atoms with E-state index in [0.717, 1.165) is 25.1 Å². The molecule has 1 fully saturated rings. The standard InChI is InChI=1S/C23H28F3N3O2/c1-4-14(2)10-27-11-23(31)12-29(13-23)22(30)16-6-7-17(24)20(26)21(16)28-19-8-5-15(3)9-18(19)25/h5-9,14,27-28,31H,4,10-13H2,1-3H3. The fourth-order valence-corrected chi connectivity index (χ4v) is 3.49. The van der Waals surface area contributed by atoms with Gasteiger partial charge in [-0.05, 0) is 49.2 Å². The van der Waals surface area contributed by atoms with Crippen molar-refractivity contribution in [2.24, 2.45) is 5.92 Å². The number of anilines is 2. The number of aliphatic hydroxyl groups is 1. The first-order valence-electron chi connectivity index (χ1n) is 10.4. The lowest BCUT2D eigenvalue weighted by Gasteiger charge is -2.46. The van der Waals surface area contributed by atoms with Crippen molar-refractivity contribution >= 4 is 17.3 Å². The fraction of sp³-hybridized carbons (Fsp3) is 0.435. The van der Waals surface area contributed by atoms with Crippen LogP contribution >= 0.6 is 0 Å². The zero-order chi connectivity index (χ0) is 22.8. The molecule has 168 valence electrons. The van der Waals surface area contributed by atoms with Crippen molar-refractivity contribution in [2.45, 2.75) is 32.8 Å². The first-order valence-corrected chi connectivity index (χ1v) is 10.4. The maximum absolute atomic E-state index is 14.5. The lowest BCUT2D eigenvalue weighted by Crippen LogP contribution is -2.67. The molecule has 2 aromatic carbocycles. The Balaban J connectivity index is 1.74. The smallest absolute Gasteiger partial charge is 0.256 e. The van der Waals surface area contributed by atoms with Crippen LogP contribution < -0.4 is 10.6 Å². The summed E-state index contributed by atoms with van der Waals surface area (Å²) in [6, 6.07) is 6.29. The second-order valence-corrected chi connectivity index (χ2v) is 8.42. The van der Waals surface area contributed by atoms with Gasteiger partial charge in [0.25, 0.3) is 5.91 Å². The highest BCUT2D eigenvalue weighted by Crippen LogP contribution is 2.31. The number of nitrogens with zero attached hydrogens (tertiary/aromatic N) is 1. The number of halogens is 3. The normalized spacial score (nSPS) is 16.0. The van der Waals surface area contributed by atoms with Crippen LogP contribution in [0.5, 0.6) is 0 Å². The molecule has 0 radical (unpaired) electrons. The summed E-state index contributed by atoms with van der Waals surface area (Å²) in [5.74, 6) is -3.16. The fourth-order valence-electron chi connectivity index (χ4n) is 3.49. The monoisotopic (exact) mass is 435 g/mol. The van der Waals surface area contributed by atoms with Crippen molar-refractivity contribution in [3.05, 3.63) is 58.9 Å². The van der Waals surface area contributed by atoms with Gasteiger partial charge < -0.3 is 20.6 Å². The molecule has 1 amide bonds. The third-order valence-corrected chi connectivity index (χ3v) is 5.61. The second kappa shape index (κ2) is 9.28. The highest BCUT2D eigenvalue weighted by Gasteiger charge is 2.44. The van der Waals surface area contributed by atoms with Crippen molar-refractivity contribution in [3.8, 4) is 0 Å². The summed E-state index contributed by atoms with van der Waals surface area (Å²) in [4.78, 5) is 14.3. The maximum Gasteiger partial charge on any atom is 0.256 e. The van der Waals surface area contributed by atoms with Gasteiger partial charge in [-0.2, -0.15) is 0 Å². The summed E-state index contributed by atoms with van der Waals surface area (Å²) >= 11 is 0. The lowest BCUT2D eigenvalue weighted by molar-refractivity contribution is -0.0787. The van der Waals surface area contributed by atoms with E-state index in [2.05, 4.69) is 24.5 Å². The summed E-state index contributed by atoms with van der Waals surface area (Å²) < 4.78 is 42.6. The zero-order valence-electron chi connectivity index (χ0n) is 17.9. The van der Waals surface area contributed by atoms with Gasteiger partial charge in [0.1, 0.15) is 11.4 Å². The molecule has 1 aliphatic heterocycles. The molecule has 1 saturated heterocycles. The van der Waals surface area contributed by atoms with E-state index >= 15 is 0 Å². The molecule has 1 aliphatic rings. The van der Waals surface area contributed by atoms with E-state index in [9.17, 15) is 23.1 Å². The SMILES string of the molecule is CCC(C)CNCC1(O)CN(C(=O)c2ccc(F)c(F)c2Nc2ccc(C)cc2F)C1. The molecule has 1 heterocycles. The zero-order valence-corrected chi connectivity index (χ0v) is 17.9. The third kappa shape index (κ3) is 5.19. The molecule has 0 spiro atoms. The topological polar surface area (TPSA) is 64.6 Å². The van der Waals surface area contributed by atoms with E-state index in [0.29, 0.717) is 18.0 Å². The minimum Gasteiger partial charge on any atom is -0.385 e. The van der Waals surface area contributed by atoms with Crippen molar-refractivity contribution in [2.75, 3.05) is 31.5 Å². The first-order chi connectivity index (χ1) is 14.6. The first kappa shape index (κ1) is 23.1. The lowest BCUT2D eigenvalue weighted by atomic mass is 9.92. The number of nitrogens with one attached hydrogen (secondary N) is 2. The summed E-state index contributed by atoms with van der Waals surface area (Å²) in [6.45, 7) is 7.11. The van der Waals surface area contributed by atoms with Crippen molar-refractivity contribution < 1.29 is 23.1 Å². The average Bonchev–Trinajstić information content (AvgIpc) is 2.70. The molecule has 0 aliphatic carbocycles. The van der Waals surface area contributed by atoms with Crippen LogP contribution in [-0.4, -0.2) is 47.7 Å². The molecule has 0 saturated carbocycles. The second-order valence-electron chi connectivity index (χ2n) is 8.42. The molecule has 2 aromatic rings. The molecular weight excluding hydrogens is 407 g/mol. The number of carbonyl (C=O) groups is 1. The number of amides is 1. The highest BCUT2D eigenvalue weighted by molar-refractivity contribution is 6.01. The molecule has 1 unspecified atom stereocenters. The van der Waals surface area contributed by atoms with E-state index in [1.165, 1.54) is 17.0 Å². The van der Waals surface area contributed by atoms with Crippen LogP contribution in [0.3, 0.4) is 0 Å². The molecule has 1 atom stereocenters. The van der Waals surface area contributed by atoms with Gasteiger partial charge in [-0.25, -0.2) is 13.2 Å². The molecule has 5 nitrogen and oxygen atoms in total. The van der Waals surface area contributed by atoms with Crippen molar-refractivity contribution in [1.29, 1.82) is 0 Å². The Hall–Kier alpha value is -2.58. The Morgan fingerprint density at radius 2 is 1.90 bits per heavy atom. The van der Waals surface area contributed by atoms with Crippen LogP contribution in [0.15, 0.2) is 30.3 Å². The van der Waals surface area contributed by atoms with E-state index in [-0.39, 0.29) is 24.3 Å². The Morgan fingerprint density at radius 3 is 2.55 bits per heavy atom. The summed E-state index contributed by atoms with van der Waals surface area (Å²) in [5, 5.41) is 16.3. The van der Waals surface area contributed by atoms with Crippen LogP contribution in [-0.2, 0) is 0 Å². The molecule has 31 heavy (non-hydrogen) atoms. The molecular formula is C23H28F3N3O2. The van der Waals surface area contributed by atoms with E-state index < -0.39 is 34.6 Å². The maximum atomic E-state index is 14.5. The number of rotatable bonds is 8. The van der Waals surface area contributed by atoms with Gasteiger partial charge in [-0.15, -0.1) is 0 Å².